The number of carbonyl (C=O) groups excluding carboxylic acids is 2. The number of rotatable bonds is 10. The highest BCUT2D eigenvalue weighted by Crippen LogP contribution is 2.20. The lowest BCUT2D eigenvalue weighted by Gasteiger charge is -2.16. The Balaban J connectivity index is 2.58. The van der Waals surface area contributed by atoms with E-state index in [-0.39, 0.29) is 5.91 Å². The number of nitrogens with one attached hydrogen (secondary N) is 1. The molecule has 6 heteroatoms. The van der Waals surface area contributed by atoms with Crippen LogP contribution in [-0.4, -0.2) is 25.0 Å². The monoisotopic (exact) mass is 461 g/mol. The van der Waals surface area contributed by atoms with Gasteiger partial charge in [0.15, 0.2) is 0 Å². The van der Waals surface area contributed by atoms with Gasteiger partial charge in [0.2, 0.25) is 0 Å². The first-order chi connectivity index (χ1) is 11.5. The molecular weight excluding hydrogens is 438 g/mol. The summed E-state index contributed by atoms with van der Waals surface area (Å²) in [7, 11) is 1.35. The van der Waals surface area contributed by atoms with Crippen LogP contribution in [0.1, 0.15) is 62.2 Å². The van der Waals surface area contributed by atoms with Crippen molar-refractivity contribution in [3.8, 4) is 0 Å². The van der Waals surface area contributed by atoms with E-state index in [1.54, 1.807) is 12.1 Å². The van der Waals surface area contributed by atoms with Crippen LogP contribution in [0.5, 0.6) is 0 Å². The van der Waals surface area contributed by atoms with Gasteiger partial charge >= 0.3 is 5.97 Å². The van der Waals surface area contributed by atoms with Gasteiger partial charge in [-0.25, -0.2) is 4.79 Å². The molecule has 1 rings (SSSR count). The van der Waals surface area contributed by atoms with E-state index in [1.807, 2.05) is 6.07 Å². The van der Waals surface area contributed by atoms with Gasteiger partial charge in [0, 0.05) is 14.5 Å². The zero-order valence-corrected chi connectivity index (χ0v) is 17.4. The van der Waals surface area contributed by atoms with Crippen molar-refractivity contribution in [3.05, 3.63) is 32.7 Å². The third-order valence-electron chi connectivity index (χ3n) is 3.76. The first-order valence-electron chi connectivity index (χ1n) is 8.32. The van der Waals surface area contributed by atoms with Gasteiger partial charge in [0.1, 0.15) is 6.04 Å². The predicted octanol–water partition coefficient (Wildman–Crippen LogP) is 5.23. The van der Waals surface area contributed by atoms with Crippen molar-refractivity contribution < 1.29 is 14.3 Å². The number of carbonyl (C=O) groups is 2. The molecule has 4 nitrogen and oxygen atoms in total. The molecule has 0 aromatic heterocycles. The summed E-state index contributed by atoms with van der Waals surface area (Å²) < 4.78 is 6.42. The maximum atomic E-state index is 12.4. The molecule has 0 saturated heterocycles. The van der Waals surface area contributed by atoms with Crippen LogP contribution < -0.4 is 5.32 Å². The Kier molecular flexibility index (Phi) is 10.3. The van der Waals surface area contributed by atoms with Gasteiger partial charge in [-0.05, 0) is 24.6 Å². The van der Waals surface area contributed by atoms with E-state index in [2.05, 4.69) is 44.1 Å². The number of esters is 1. The van der Waals surface area contributed by atoms with E-state index in [0.29, 0.717) is 12.0 Å². The highest BCUT2D eigenvalue weighted by Gasteiger charge is 2.22. The molecule has 0 aliphatic rings. The fourth-order valence-corrected chi connectivity index (χ4v) is 3.74. The molecule has 0 radical (unpaired) electrons. The van der Waals surface area contributed by atoms with Crippen molar-refractivity contribution in [2.45, 2.75) is 57.9 Å². The number of hydrogen-bond acceptors (Lipinski definition) is 3. The van der Waals surface area contributed by atoms with Crippen molar-refractivity contribution in [3.63, 3.8) is 0 Å². The van der Waals surface area contributed by atoms with E-state index in [9.17, 15) is 9.59 Å². The first-order valence-corrected chi connectivity index (χ1v) is 9.91. The van der Waals surface area contributed by atoms with Gasteiger partial charge < -0.3 is 10.1 Å². The summed E-state index contributed by atoms with van der Waals surface area (Å²) >= 11 is 6.72. The lowest BCUT2D eigenvalue weighted by molar-refractivity contribution is -0.143. The fourth-order valence-electron chi connectivity index (χ4n) is 2.45. The summed E-state index contributed by atoms with van der Waals surface area (Å²) in [4.78, 5) is 24.3. The summed E-state index contributed by atoms with van der Waals surface area (Å²) in [6, 6.07) is 4.69. The largest absolute Gasteiger partial charge is 0.467 e. The molecule has 0 aliphatic heterocycles. The van der Waals surface area contributed by atoms with Crippen molar-refractivity contribution in [2.24, 2.45) is 0 Å². The Morgan fingerprint density at radius 1 is 1.04 bits per heavy atom. The number of unbranched alkanes of at least 4 members (excludes halogenated alkanes) is 5. The average Bonchev–Trinajstić information content (AvgIpc) is 2.55. The van der Waals surface area contributed by atoms with E-state index < -0.39 is 12.0 Å². The van der Waals surface area contributed by atoms with Crippen LogP contribution >= 0.6 is 31.9 Å². The van der Waals surface area contributed by atoms with Crippen molar-refractivity contribution in [2.75, 3.05) is 7.11 Å². The summed E-state index contributed by atoms with van der Waals surface area (Å²) in [6.45, 7) is 2.18. The molecule has 1 atom stereocenters. The number of methoxy groups -OCH3 is 1. The number of halogens is 2. The van der Waals surface area contributed by atoms with Crippen LogP contribution in [0.15, 0.2) is 27.1 Å². The molecule has 24 heavy (non-hydrogen) atoms. The van der Waals surface area contributed by atoms with Crippen molar-refractivity contribution >= 4 is 43.7 Å². The zero-order valence-electron chi connectivity index (χ0n) is 14.2. The van der Waals surface area contributed by atoms with Crippen LogP contribution in [-0.2, 0) is 9.53 Å². The molecule has 1 N–H and O–H groups in total. The Bertz CT molecular complexity index is 529. The molecule has 1 aromatic rings. The SMILES string of the molecule is CCCCCCCC[C@@H](NC(=O)c1cc(Br)cc(Br)c1)C(=O)OC. The highest BCUT2D eigenvalue weighted by atomic mass is 79.9. The van der Waals surface area contributed by atoms with Gasteiger partial charge in [-0.1, -0.05) is 77.3 Å². The number of ether oxygens (including phenoxy) is 1. The number of hydrogen-bond donors (Lipinski definition) is 1. The summed E-state index contributed by atoms with van der Waals surface area (Å²) in [6.07, 6.45) is 7.39. The minimum absolute atomic E-state index is 0.279. The predicted molar refractivity (Wildman–Crippen MR) is 103 cm³/mol. The molecule has 134 valence electrons. The maximum Gasteiger partial charge on any atom is 0.328 e. The van der Waals surface area contributed by atoms with Crippen molar-refractivity contribution in [1.82, 2.24) is 5.32 Å². The van der Waals surface area contributed by atoms with Gasteiger partial charge in [0.25, 0.3) is 5.91 Å². The molecule has 0 bridgehead atoms. The second-order valence-corrected chi connectivity index (χ2v) is 7.60. The van der Waals surface area contributed by atoms with E-state index >= 15 is 0 Å². The fraction of sp³-hybridized carbons (Fsp3) is 0.556. The summed E-state index contributed by atoms with van der Waals surface area (Å²) in [5.74, 6) is -0.677. The standard InChI is InChI=1S/C18H25Br2NO3/c1-3-4-5-6-7-8-9-16(18(23)24-2)21-17(22)13-10-14(19)12-15(20)11-13/h10-12,16H,3-9H2,1-2H3,(H,21,22)/t16-/m1/s1. The third kappa shape index (κ3) is 7.79. The van der Waals surface area contributed by atoms with Gasteiger partial charge in [0.05, 0.1) is 7.11 Å². The third-order valence-corrected chi connectivity index (χ3v) is 4.68. The van der Waals surface area contributed by atoms with Crippen LogP contribution in [0.25, 0.3) is 0 Å². The van der Waals surface area contributed by atoms with Crippen molar-refractivity contribution in [1.29, 1.82) is 0 Å². The number of amides is 1. The topological polar surface area (TPSA) is 55.4 Å². The molecular formula is C18H25Br2NO3. The quantitative estimate of drug-likeness (QED) is 0.382. The second kappa shape index (κ2) is 11.6. The van der Waals surface area contributed by atoms with Crippen LogP contribution in [0.2, 0.25) is 0 Å². The maximum absolute atomic E-state index is 12.4. The van der Waals surface area contributed by atoms with E-state index in [0.717, 1.165) is 28.2 Å². The number of benzene rings is 1. The average molecular weight is 463 g/mol. The molecule has 0 spiro atoms. The minimum atomic E-state index is -0.605. The minimum Gasteiger partial charge on any atom is -0.467 e. The zero-order chi connectivity index (χ0) is 17.9. The van der Waals surface area contributed by atoms with E-state index in [4.69, 9.17) is 4.74 Å². The van der Waals surface area contributed by atoms with Gasteiger partial charge in [-0.15, -0.1) is 0 Å². The lowest BCUT2D eigenvalue weighted by atomic mass is 10.1. The Morgan fingerprint density at radius 2 is 1.62 bits per heavy atom. The lowest BCUT2D eigenvalue weighted by Crippen LogP contribution is -2.41. The van der Waals surface area contributed by atoms with Gasteiger partial charge in [-0.2, -0.15) is 0 Å². The molecule has 0 fully saturated rings. The molecule has 0 saturated carbocycles. The molecule has 1 aromatic carbocycles. The summed E-state index contributed by atoms with van der Waals surface area (Å²) in [5, 5.41) is 2.79. The summed E-state index contributed by atoms with van der Waals surface area (Å²) in [5.41, 5.74) is 0.494. The Morgan fingerprint density at radius 3 is 2.21 bits per heavy atom. The Hall–Kier alpha value is -0.880. The molecule has 0 unspecified atom stereocenters. The smallest absolute Gasteiger partial charge is 0.328 e. The molecule has 0 aliphatic carbocycles. The van der Waals surface area contributed by atoms with Crippen LogP contribution in [0, 0.1) is 0 Å². The highest BCUT2D eigenvalue weighted by molar-refractivity contribution is 9.11. The molecule has 1 amide bonds. The van der Waals surface area contributed by atoms with Crippen LogP contribution in [0.4, 0.5) is 0 Å². The normalized spacial score (nSPS) is 11.8. The van der Waals surface area contributed by atoms with Crippen LogP contribution in [0.3, 0.4) is 0 Å². The van der Waals surface area contributed by atoms with Gasteiger partial charge in [-0.3, -0.25) is 4.79 Å². The Labute approximate surface area is 161 Å². The molecule has 0 heterocycles. The second-order valence-electron chi connectivity index (χ2n) is 5.76. The van der Waals surface area contributed by atoms with E-state index in [1.165, 1.54) is 26.4 Å². The first kappa shape index (κ1) is 21.2.